The van der Waals surface area contributed by atoms with Crippen LogP contribution in [0.5, 0.6) is 5.75 Å². The minimum atomic E-state index is -3.92. The molecule has 1 amide bonds. The minimum absolute atomic E-state index is 0.0374. The summed E-state index contributed by atoms with van der Waals surface area (Å²) in [5, 5.41) is 0.944. The number of sulfonamides is 1. The van der Waals surface area contributed by atoms with Gasteiger partial charge >= 0.3 is 0 Å². The smallest absolute Gasteiger partial charge is 0.264 e. The molecule has 1 aromatic heterocycles. The third-order valence-electron chi connectivity index (χ3n) is 5.13. The first-order chi connectivity index (χ1) is 16.0. The van der Waals surface area contributed by atoms with Crippen molar-refractivity contribution >= 4 is 26.8 Å². The van der Waals surface area contributed by atoms with Crippen molar-refractivity contribution in [3.05, 3.63) is 102 Å². The van der Waals surface area contributed by atoms with Gasteiger partial charge in [-0.25, -0.2) is 13.1 Å². The molecule has 3 aromatic carbocycles. The molecule has 1 N–H and O–H groups in total. The van der Waals surface area contributed by atoms with E-state index in [4.69, 9.17) is 4.74 Å². The Balaban J connectivity index is 1.46. The van der Waals surface area contributed by atoms with Crippen LogP contribution in [-0.2, 0) is 23.1 Å². The average molecular weight is 461 g/mol. The number of carbonyl (C=O) groups is 1. The van der Waals surface area contributed by atoms with Crippen LogP contribution < -0.4 is 9.46 Å². The Bertz CT molecular complexity index is 1370. The Morgan fingerprint density at radius 1 is 0.939 bits per heavy atom. The lowest BCUT2D eigenvalue weighted by Gasteiger charge is -2.12. The van der Waals surface area contributed by atoms with Crippen molar-refractivity contribution in [1.29, 1.82) is 0 Å². The molecule has 0 saturated heterocycles. The van der Waals surface area contributed by atoms with Gasteiger partial charge in [0.1, 0.15) is 12.4 Å². The molecular formula is C26H24N2O4S. The van der Waals surface area contributed by atoms with Crippen molar-refractivity contribution in [2.24, 2.45) is 0 Å². The van der Waals surface area contributed by atoms with E-state index in [0.717, 1.165) is 40.8 Å². The molecule has 0 unspecified atom stereocenters. The number of para-hydroxylation sites is 1. The Morgan fingerprint density at radius 2 is 1.64 bits per heavy atom. The predicted molar refractivity (Wildman–Crippen MR) is 128 cm³/mol. The molecular weight excluding hydrogens is 436 g/mol. The summed E-state index contributed by atoms with van der Waals surface area (Å²) in [7, 11) is -3.92. The van der Waals surface area contributed by atoms with Crippen LogP contribution in [0.2, 0.25) is 0 Å². The lowest BCUT2D eigenvalue weighted by atomic mass is 10.1. The number of hydrogen-bond acceptors (Lipinski definition) is 5. The number of pyridine rings is 1. The number of benzene rings is 3. The maximum absolute atomic E-state index is 12.4. The number of nitrogens with zero attached hydrogens (tertiary/aromatic N) is 1. The Morgan fingerprint density at radius 3 is 2.36 bits per heavy atom. The summed E-state index contributed by atoms with van der Waals surface area (Å²) in [6.45, 7) is 2.42. The molecule has 168 valence electrons. The van der Waals surface area contributed by atoms with E-state index in [9.17, 15) is 13.2 Å². The molecule has 1 heterocycles. The summed E-state index contributed by atoms with van der Waals surface area (Å²) in [5.74, 6) is 0.0791. The quantitative estimate of drug-likeness (QED) is 0.405. The van der Waals surface area contributed by atoms with Gasteiger partial charge in [0, 0.05) is 22.7 Å². The number of aromatic nitrogens is 1. The first-order valence-electron chi connectivity index (χ1n) is 10.7. The third kappa shape index (κ3) is 5.38. The van der Waals surface area contributed by atoms with E-state index < -0.39 is 15.9 Å². The van der Waals surface area contributed by atoms with Gasteiger partial charge in [-0.3, -0.25) is 9.78 Å². The number of rotatable bonds is 8. The number of fused-ring (bicyclic) bond motifs is 1. The van der Waals surface area contributed by atoms with Gasteiger partial charge < -0.3 is 4.74 Å². The van der Waals surface area contributed by atoms with Gasteiger partial charge in [-0.1, -0.05) is 55.8 Å². The summed E-state index contributed by atoms with van der Waals surface area (Å²) in [5.41, 5.74) is 2.98. The second-order valence-corrected chi connectivity index (χ2v) is 9.29. The van der Waals surface area contributed by atoms with E-state index in [1.54, 1.807) is 42.5 Å². The molecule has 0 spiro atoms. The van der Waals surface area contributed by atoms with Crippen LogP contribution in [0.3, 0.4) is 0 Å². The lowest BCUT2D eigenvalue weighted by molar-refractivity contribution is 0.0981. The molecule has 0 saturated carbocycles. The van der Waals surface area contributed by atoms with Crippen LogP contribution >= 0.6 is 0 Å². The van der Waals surface area contributed by atoms with E-state index in [2.05, 4.69) is 16.6 Å². The summed E-state index contributed by atoms with van der Waals surface area (Å²) < 4.78 is 32.9. The van der Waals surface area contributed by atoms with Gasteiger partial charge in [-0.05, 0) is 48.4 Å². The highest BCUT2D eigenvalue weighted by Crippen LogP contribution is 2.27. The molecule has 0 fully saturated rings. The molecule has 7 heteroatoms. The first-order valence-corrected chi connectivity index (χ1v) is 12.2. The van der Waals surface area contributed by atoms with E-state index in [-0.39, 0.29) is 10.5 Å². The molecule has 0 aliphatic carbocycles. The second-order valence-electron chi connectivity index (χ2n) is 7.61. The average Bonchev–Trinajstić information content (AvgIpc) is 2.83. The van der Waals surface area contributed by atoms with Crippen molar-refractivity contribution in [1.82, 2.24) is 9.71 Å². The molecule has 0 bridgehead atoms. The number of hydrogen-bond donors (Lipinski definition) is 1. The highest BCUT2D eigenvalue weighted by Gasteiger charge is 2.18. The van der Waals surface area contributed by atoms with Gasteiger partial charge in [0.2, 0.25) is 0 Å². The van der Waals surface area contributed by atoms with Crippen LogP contribution in [0.4, 0.5) is 0 Å². The minimum Gasteiger partial charge on any atom is -0.488 e. The predicted octanol–water partition coefficient (Wildman–Crippen LogP) is 4.89. The first kappa shape index (κ1) is 22.5. The van der Waals surface area contributed by atoms with E-state index in [1.165, 1.54) is 12.1 Å². The fraction of sp³-hybridized carbons (Fsp3) is 0.154. The fourth-order valence-corrected chi connectivity index (χ4v) is 4.45. The zero-order chi connectivity index (χ0) is 23.3. The van der Waals surface area contributed by atoms with E-state index in [0.29, 0.717) is 6.61 Å². The van der Waals surface area contributed by atoms with Crippen molar-refractivity contribution < 1.29 is 17.9 Å². The number of nitrogens with one attached hydrogen (secondary N) is 1. The molecule has 33 heavy (non-hydrogen) atoms. The summed E-state index contributed by atoms with van der Waals surface area (Å²) >= 11 is 0. The van der Waals surface area contributed by atoms with E-state index >= 15 is 0 Å². The molecule has 0 aliphatic heterocycles. The maximum Gasteiger partial charge on any atom is 0.264 e. The largest absolute Gasteiger partial charge is 0.488 e. The van der Waals surface area contributed by atoms with Gasteiger partial charge in [0.15, 0.2) is 0 Å². The standard InChI is InChI=1S/C26H24N2O4S/c1-2-8-21-17-25(23-11-6-7-12-24(23)27-21)32-18-19-13-15-20(16-14-19)26(29)28-33(30,31)22-9-4-3-5-10-22/h3-7,9-17H,2,8,18H2,1H3,(H,28,29). The Labute approximate surface area is 193 Å². The van der Waals surface area contributed by atoms with Gasteiger partial charge in [-0.15, -0.1) is 0 Å². The maximum atomic E-state index is 12.4. The van der Waals surface area contributed by atoms with Gasteiger partial charge in [-0.2, -0.15) is 0 Å². The summed E-state index contributed by atoms with van der Waals surface area (Å²) in [6.07, 6.45) is 1.87. The van der Waals surface area contributed by atoms with Crippen LogP contribution in [0.15, 0.2) is 89.8 Å². The highest BCUT2D eigenvalue weighted by molar-refractivity contribution is 7.90. The van der Waals surface area contributed by atoms with Crippen molar-refractivity contribution in [3.63, 3.8) is 0 Å². The van der Waals surface area contributed by atoms with Crippen LogP contribution in [-0.4, -0.2) is 19.3 Å². The second kappa shape index (κ2) is 9.83. The highest BCUT2D eigenvalue weighted by atomic mass is 32.2. The number of ether oxygens (including phenoxy) is 1. The van der Waals surface area contributed by atoms with Gasteiger partial charge in [0.25, 0.3) is 15.9 Å². The van der Waals surface area contributed by atoms with Crippen molar-refractivity contribution in [3.8, 4) is 5.75 Å². The molecule has 0 atom stereocenters. The van der Waals surface area contributed by atoms with E-state index in [1.807, 2.05) is 30.3 Å². The SMILES string of the molecule is CCCc1cc(OCc2ccc(C(=O)NS(=O)(=O)c3ccccc3)cc2)c2ccccc2n1. The number of carbonyl (C=O) groups excluding carboxylic acids is 1. The monoisotopic (exact) mass is 460 g/mol. The normalized spacial score (nSPS) is 11.3. The van der Waals surface area contributed by atoms with Crippen molar-refractivity contribution in [2.45, 2.75) is 31.3 Å². The molecule has 0 radical (unpaired) electrons. The number of amides is 1. The Hall–Kier alpha value is -3.71. The van der Waals surface area contributed by atoms with Crippen molar-refractivity contribution in [2.75, 3.05) is 0 Å². The molecule has 6 nitrogen and oxygen atoms in total. The molecule has 0 aliphatic rings. The number of aryl methyl sites for hydroxylation is 1. The lowest BCUT2D eigenvalue weighted by Crippen LogP contribution is -2.30. The summed E-state index contributed by atoms with van der Waals surface area (Å²) in [6, 6.07) is 24.3. The zero-order valence-electron chi connectivity index (χ0n) is 18.2. The molecule has 4 aromatic rings. The fourth-order valence-electron chi connectivity index (χ4n) is 3.45. The zero-order valence-corrected chi connectivity index (χ0v) is 19.0. The topological polar surface area (TPSA) is 85.4 Å². The van der Waals surface area contributed by atoms with Gasteiger partial charge in [0.05, 0.1) is 10.4 Å². The van der Waals surface area contributed by atoms with Crippen LogP contribution in [0.1, 0.15) is 35.0 Å². The third-order valence-corrected chi connectivity index (χ3v) is 6.48. The summed E-state index contributed by atoms with van der Waals surface area (Å²) in [4.78, 5) is 17.2. The molecule has 4 rings (SSSR count). The Kier molecular flexibility index (Phi) is 6.70. The van der Waals surface area contributed by atoms with Crippen LogP contribution in [0.25, 0.3) is 10.9 Å². The van der Waals surface area contributed by atoms with Crippen LogP contribution in [0, 0.1) is 0 Å².